The molecule has 0 saturated heterocycles. The predicted octanol–water partition coefficient (Wildman–Crippen LogP) is 6.76. The van der Waals surface area contributed by atoms with Crippen LogP contribution in [-0.4, -0.2) is 12.2 Å². The van der Waals surface area contributed by atoms with Gasteiger partial charge < -0.3 is 9.73 Å². The van der Waals surface area contributed by atoms with Gasteiger partial charge in [0.1, 0.15) is 5.76 Å². The lowest BCUT2D eigenvalue weighted by Crippen LogP contribution is -2.24. The SMILES string of the molecule is O=C(N/N=C/c1cc(Br)c(Sc2ccc(Cl)cc2)o1)Nc1ccc(Br)cc1. The summed E-state index contributed by atoms with van der Waals surface area (Å²) in [5.41, 5.74) is 3.05. The van der Waals surface area contributed by atoms with Crippen molar-refractivity contribution in [3.05, 3.63) is 74.3 Å². The van der Waals surface area contributed by atoms with Crippen molar-refractivity contribution >= 4 is 73.2 Å². The van der Waals surface area contributed by atoms with Gasteiger partial charge in [0.15, 0.2) is 5.09 Å². The zero-order chi connectivity index (χ0) is 19.2. The topological polar surface area (TPSA) is 66.6 Å². The first kappa shape index (κ1) is 20.0. The molecule has 3 aromatic rings. The first-order valence-corrected chi connectivity index (χ1v) is 10.4. The van der Waals surface area contributed by atoms with Gasteiger partial charge in [0.2, 0.25) is 0 Å². The van der Waals surface area contributed by atoms with E-state index in [1.165, 1.54) is 18.0 Å². The Morgan fingerprint density at radius 3 is 2.52 bits per heavy atom. The van der Waals surface area contributed by atoms with Crippen LogP contribution in [0.3, 0.4) is 0 Å². The number of carbonyl (C=O) groups is 1. The number of anilines is 1. The number of carbonyl (C=O) groups excluding carboxylic acids is 1. The van der Waals surface area contributed by atoms with Crippen LogP contribution in [0.25, 0.3) is 0 Å². The smallest absolute Gasteiger partial charge is 0.339 e. The molecular weight excluding hydrogens is 518 g/mol. The highest BCUT2D eigenvalue weighted by atomic mass is 79.9. The van der Waals surface area contributed by atoms with Gasteiger partial charge in [-0.3, -0.25) is 0 Å². The average molecular weight is 530 g/mol. The van der Waals surface area contributed by atoms with Gasteiger partial charge >= 0.3 is 6.03 Å². The van der Waals surface area contributed by atoms with E-state index in [0.29, 0.717) is 21.6 Å². The monoisotopic (exact) mass is 527 g/mol. The molecule has 0 atom stereocenters. The number of hydrazone groups is 1. The van der Waals surface area contributed by atoms with Crippen LogP contribution in [0.4, 0.5) is 10.5 Å². The molecular formula is C18H12Br2ClN3O2S. The summed E-state index contributed by atoms with van der Waals surface area (Å²) in [7, 11) is 0. The largest absolute Gasteiger partial charge is 0.447 e. The Labute approximate surface area is 181 Å². The van der Waals surface area contributed by atoms with E-state index in [-0.39, 0.29) is 0 Å². The van der Waals surface area contributed by atoms with Crippen molar-refractivity contribution in [1.29, 1.82) is 0 Å². The van der Waals surface area contributed by atoms with E-state index < -0.39 is 6.03 Å². The fourth-order valence-electron chi connectivity index (χ4n) is 1.96. The average Bonchev–Trinajstić information content (AvgIpc) is 2.98. The molecule has 2 N–H and O–H groups in total. The minimum Gasteiger partial charge on any atom is -0.447 e. The summed E-state index contributed by atoms with van der Waals surface area (Å²) in [5.74, 6) is 0.502. The molecule has 1 aromatic heterocycles. The molecule has 0 spiro atoms. The number of hydrogen-bond acceptors (Lipinski definition) is 4. The molecule has 2 amide bonds. The van der Waals surface area contributed by atoms with Gasteiger partial charge in [0, 0.05) is 26.1 Å². The molecule has 2 aromatic carbocycles. The molecule has 0 radical (unpaired) electrons. The molecule has 0 aliphatic rings. The molecule has 9 heteroatoms. The molecule has 0 aliphatic carbocycles. The lowest BCUT2D eigenvalue weighted by Gasteiger charge is -2.03. The third-order valence-electron chi connectivity index (χ3n) is 3.16. The maximum Gasteiger partial charge on any atom is 0.339 e. The van der Waals surface area contributed by atoms with Crippen molar-refractivity contribution in [3.63, 3.8) is 0 Å². The maximum absolute atomic E-state index is 11.8. The Bertz CT molecular complexity index is 960. The van der Waals surface area contributed by atoms with Crippen molar-refractivity contribution in [2.75, 3.05) is 5.32 Å². The van der Waals surface area contributed by atoms with E-state index in [9.17, 15) is 4.79 Å². The van der Waals surface area contributed by atoms with Crippen LogP contribution >= 0.6 is 55.2 Å². The van der Waals surface area contributed by atoms with Crippen LogP contribution in [0.5, 0.6) is 0 Å². The van der Waals surface area contributed by atoms with E-state index in [0.717, 1.165) is 13.8 Å². The van der Waals surface area contributed by atoms with Crippen molar-refractivity contribution in [1.82, 2.24) is 5.43 Å². The number of urea groups is 1. The second-order valence-corrected chi connectivity index (χ2v) is 8.42. The standard InChI is InChI=1S/C18H12Br2ClN3O2S/c19-11-1-5-13(6-2-11)23-18(25)24-22-10-14-9-16(20)17(26-14)27-15-7-3-12(21)4-8-15/h1-10H,(H2,23,24,25)/b22-10+. The van der Waals surface area contributed by atoms with Crippen LogP contribution < -0.4 is 10.7 Å². The normalized spacial score (nSPS) is 10.9. The highest BCUT2D eigenvalue weighted by Gasteiger charge is 2.10. The molecule has 0 bridgehead atoms. The molecule has 0 unspecified atom stereocenters. The van der Waals surface area contributed by atoms with Gasteiger partial charge in [-0.15, -0.1) is 0 Å². The van der Waals surface area contributed by atoms with Gasteiger partial charge in [0.05, 0.1) is 10.7 Å². The molecule has 0 aliphatic heterocycles. The van der Waals surface area contributed by atoms with Gasteiger partial charge in [-0.25, -0.2) is 10.2 Å². The third kappa shape index (κ3) is 6.14. The van der Waals surface area contributed by atoms with Crippen LogP contribution in [-0.2, 0) is 0 Å². The first-order valence-electron chi connectivity index (χ1n) is 7.58. The van der Waals surface area contributed by atoms with E-state index in [4.69, 9.17) is 16.0 Å². The number of hydrogen-bond donors (Lipinski definition) is 2. The van der Waals surface area contributed by atoms with E-state index in [1.54, 1.807) is 18.2 Å². The van der Waals surface area contributed by atoms with Crippen molar-refractivity contribution in [3.8, 4) is 0 Å². The van der Waals surface area contributed by atoms with Crippen LogP contribution in [0.15, 0.2) is 83.0 Å². The Hall–Kier alpha value is -1.74. The molecule has 0 saturated carbocycles. The maximum atomic E-state index is 11.8. The number of nitrogens with one attached hydrogen (secondary N) is 2. The highest BCUT2D eigenvalue weighted by Crippen LogP contribution is 2.35. The summed E-state index contributed by atoms with van der Waals surface area (Å²) >= 11 is 14.1. The summed E-state index contributed by atoms with van der Waals surface area (Å²) in [6, 6.07) is 16.0. The van der Waals surface area contributed by atoms with E-state index >= 15 is 0 Å². The Kier molecular flexibility index (Phi) is 7.01. The molecule has 138 valence electrons. The number of nitrogens with zero attached hydrogens (tertiary/aromatic N) is 1. The zero-order valence-corrected chi connectivity index (χ0v) is 18.3. The van der Waals surface area contributed by atoms with Crippen LogP contribution in [0, 0.1) is 0 Å². The summed E-state index contributed by atoms with van der Waals surface area (Å²) in [4.78, 5) is 12.8. The van der Waals surface area contributed by atoms with Gasteiger partial charge in [-0.2, -0.15) is 5.10 Å². The summed E-state index contributed by atoms with van der Waals surface area (Å²) in [6.07, 6.45) is 1.43. The molecule has 0 fully saturated rings. The number of amides is 2. The van der Waals surface area contributed by atoms with Gasteiger partial charge in [-0.1, -0.05) is 39.3 Å². The molecule has 27 heavy (non-hydrogen) atoms. The van der Waals surface area contributed by atoms with Crippen LogP contribution in [0.2, 0.25) is 5.02 Å². The van der Waals surface area contributed by atoms with Gasteiger partial charge in [-0.05, 0) is 64.5 Å². The highest BCUT2D eigenvalue weighted by molar-refractivity contribution is 9.10. The minimum absolute atomic E-state index is 0.449. The fraction of sp³-hybridized carbons (Fsp3) is 0. The summed E-state index contributed by atoms with van der Waals surface area (Å²) in [6.45, 7) is 0. The lowest BCUT2D eigenvalue weighted by molar-refractivity contribution is 0.252. The molecule has 3 rings (SSSR count). The van der Waals surface area contributed by atoms with Gasteiger partial charge in [0.25, 0.3) is 0 Å². The quantitative estimate of drug-likeness (QED) is 0.283. The van der Waals surface area contributed by atoms with Crippen LogP contribution in [0.1, 0.15) is 5.76 Å². The minimum atomic E-state index is -0.449. The second-order valence-electron chi connectivity index (χ2n) is 5.17. The van der Waals surface area contributed by atoms with Crippen molar-refractivity contribution in [2.24, 2.45) is 5.10 Å². The lowest BCUT2D eigenvalue weighted by atomic mass is 10.3. The Balaban J connectivity index is 1.56. The number of furan rings is 1. The first-order chi connectivity index (χ1) is 13.0. The molecule has 1 heterocycles. The summed E-state index contributed by atoms with van der Waals surface area (Å²) in [5, 5.41) is 7.92. The van der Waals surface area contributed by atoms with Crippen molar-refractivity contribution in [2.45, 2.75) is 9.99 Å². The Morgan fingerprint density at radius 2 is 1.81 bits per heavy atom. The van der Waals surface area contributed by atoms with E-state index in [1.807, 2.05) is 36.4 Å². The predicted molar refractivity (Wildman–Crippen MR) is 116 cm³/mol. The Morgan fingerprint density at radius 1 is 1.11 bits per heavy atom. The molecule has 5 nitrogen and oxygen atoms in total. The number of benzene rings is 2. The summed E-state index contributed by atoms with van der Waals surface area (Å²) < 4.78 is 7.45. The second kappa shape index (κ2) is 9.45. The number of halogens is 3. The van der Waals surface area contributed by atoms with Crippen molar-refractivity contribution < 1.29 is 9.21 Å². The van der Waals surface area contributed by atoms with E-state index in [2.05, 4.69) is 47.7 Å². The number of rotatable bonds is 5. The zero-order valence-electron chi connectivity index (χ0n) is 13.6. The fourth-order valence-corrected chi connectivity index (χ4v) is 3.68. The third-order valence-corrected chi connectivity index (χ3v) is 5.79.